The number of ether oxygens (including phenoxy) is 1. The monoisotopic (exact) mass is 456 g/mol. The van der Waals surface area contributed by atoms with Crippen LogP contribution in [0.3, 0.4) is 0 Å². The molecule has 0 aliphatic carbocycles. The minimum absolute atomic E-state index is 0.0378. The lowest BCUT2D eigenvalue weighted by Crippen LogP contribution is -2.24. The number of amides is 1. The van der Waals surface area contributed by atoms with Crippen LogP contribution in [0.4, 0.5) is 0 Å². The van der Waals surface area contributed by atoms with Gasteiger partial charge in [0.05, 0.1) is 15.7 Å². The summed E-state index contributed by atoms with van der Waals surface area (Å²) in [4.78, 5) is 11.9. The first-order valence-electron chi connectivity index (χ1n) is 7.86. The molecule has 0 aliphatic rings. The molecule has 0 spiro atoms. The van der Waals surface area contributed by atoms with E-state index >= 15 is 0 Å². The number of benzene rings is 2. The molecule has 2 aromatic rings. The molecule has 1 N–H and O–H groups in total. The number of nitrogens with zero attached hydrogens (tertiary/aromatic N) is 1. The summed E-state index contributed by atoms with van der Waals surface area (Å²) in [6.45, 7) is 6.24. The molecule has 0 saturated heterocycles. The first kappa shape index (κ1) is 20.7. The van der Waals surface area contributed by atoms with E-state index in [0.717, 1.165) is 4.47 Å². The van der Waals surface area contributed by atoms with Crippen molar-refractivity contribution >= 4 is 51.3 Å². The lowest BCUT2D eigenvalue weighted by molar-refractivity contribution is -0.123. The number of carbonyl (C=O) groups is 1. The van der Waals surface area contributed by atoms with Crippen LogP contribution >= 0.6 is 39.1 Å². The van der Waals surface area contributed by atoms with E-state index in [1.165, 1.54) is 11.8 Å². The molecular formula is C19H19BrCl2N2O2. The minimum Gasteiger partial charge on any atom is -0.483 e. The Morgan fingerprint density at radius 3 is 2.58 bits per heavy atom. The van der Waals surface area contributed by atoms with Crippen molar-refractivity contribution in [2.45, 2.75) is 26.2 Å². The van der Waals surface area contributed by atoms with Crippen LogP contribution in [-0.2, 0) is 10.2 Å². The maximum absolute atomic E-state index is 11.9. The summed E-state index contributed by atoms with van der Waals surface area (Å²) in [7, 11) is 0. The van der Waals surface area contributed by atoms with Gasteiger partial charge in [0, 0.05) is 10.6 Å². The largest absolute Gasteiger partial charge is 0.483 e. The highest BCUT2D eigenvalue weighted by Gasteiger charge is 2.15. The number of hydrogen-bond donors (Lipinski definition) is 1. The van der Waals surface area contributed by atoms with Crippen LogP contribution in [0.5, 0.6) is 5.75 Å². The van der Waals surface area contributed by atoms with Gasteiger partial charge >= 0.3 is 0 Å². The van der Waals surface area contributed by atoms with Crippen LogP contribution in [0.25, 0.3) is 0 Å². The first-order chi connectivity index (χ1) is 12.2. The van der Waals surface area contributed by atoms with E-state index in [9.17, 15) is 4.79 Å². The fraction of sp³-hybridized carbons (Fsp3) is 0.263. The minimum atomic E-state index is -0.377. The Hall–Kier alpha value is -1.56. The summed E-state index contributed by atoms with van der Waals surface area (Å²) in [6, 6.07) is 10.8. The molecule has 138 valence electrons. The summed E-state index contributed by atoms with van der Waals surface area (Å²) in [5.74, 6) is 0.219. The summed E-state index contributed by atoms with van der Waals surface area (Å²) >= 11 is 15.3. The van der Waals surface area contributed by atoms with Crippen molar-refractivity contribution in [2.24, 2.45) is 5.10 Å². The van der Waals surface area contributed by atoms with E-state index < -0.39 is 0 Å². The summed E-state index contributed by atoms with van der Waals surface area (Å²) < 4.78 is 6.33. The van der Waals surface area contributed by atoms with Crippen molar-refractivity contribution in [3.8, 4) is 5.75 Å². The molecule has 0 radical (unpaired) electrons. The van der Waals surface area contributed by atoms with Gasteiger partial charge < -0.3 is 4.74 Å². The quantitative estimate of drug-likeness (QED) is 0.470. The molecule has 7 heteroatoms. The van der Waals surface area contributed by atoms with Gasteiger partial charge in [0.25, 0.3) is 5.91 Å². The van der Waals surface area contributed by atoms with Crippen LogP contribution in [-0.4, -0.2) is 18.7 Å². The molecule has 0 atom stereocenters. The highest BCUT2D eigenvalue weighted by Crippen LogP contribution is 2.31. The highest BCUT2D eigenvalue weighted by atomic mass is 79.9. The molecule has 2 aromatic carbocycles. The molecule has 1 amide bonds. The molecular weight excluding hydrogens is 439 g/mol. The maximum atomic E-state index is 11.9. The Morgan fingerprint density at radius 2 is 1.96 bits per heavy atom. The molecule has 0 aromatic heterocycles. The van der Waals surface area contributed by atoms with Crippen LogP contribution in [0.2, 0.25) is 10.0 Å². The van der Waals surface area contributed by atoms with Crippen molar-refractivity contribution in [1.29, 1.82) is 0 Å². The number of nitrogens with one attached hydrogen (secondary N) is 1. The fourth-order valence-corrected chi connectivity index (χ4v) is 2.99. The van der Waals surface area contributed by atoms with Gasteiger partial charge in [0.1, 0.15) is 5.75 Å². The number of carbonyl (C=O) groups excluding carboxylic acids is 1. The second-order valence-electron chi connectivity index (χ2n) is 6.64. The standard InChI is InChI=1S/C19H19BrCl2N2O2/c1-19(2,3)13-5-7-17(15(20)8-13)26-11-18(25)24-23-10-12-4-6-14(21)9-16(12)22/h4-10H,11H2,1-3H3,(H,24,25)/b23-10+. The first-order valence-corrected chi connectivity index (χ1v) is 9.41. The SMILES string of the molecule is CC(C)(C)c1ccc(OCC(=O)N/N=C/c2ccc(Cl)cc2Cl)c(Br)c1. The third-order valence-electron chi connectivity index (χ3n) is 3.51. The summed E-state index contributed by atoms with van der Waals surface area (Å²) in [6.07, 6.45) is 1.45. The number of hydrazone groups is 1. The third kappa shape index (κ3) is 6.01. The Kier molecular flexibility index (Phi) is 7.09. The Labute approximate surface area is 171 Å². The van der Waals surface area contributed by atoms with Crippen molar-refractivity contribution in [2.75, 3.05) is 6.61 Å². The van der Waals surface area contributed by atoms with E-state index in [2.05, 4.69) is 47.2 Å². The van der Waals surface area contributed by atoms with Crippen molar-refractivity contribution in [3.63, 3.8) is 0 Å². The zero-order chi connectivity index (χ0) is 19.3. The van der Waals surface area contributed by atoms with Gasteiger partial charge in [0.15, 0.2) is 6.61 Å². The van der Waals surface area contributed by atoms with Gasteiger partial charge in [-0.1, -0.05) is 56.1 Å². The maximum Gasteiger partial charge on any atom is 0.277 e. The van der Waals surface area contributed by atoms with Crippen LogP contribution < -0.4 is 10.2 Å². The molecule has 0 fully saturated rings. The molecule has 26 heavy (non-hydrogen) atoms. The van der Waals surface area contributed by atoms with Gasteiger partial charge in [-0.2, -0.15) is 5.10 Å². The summed E-state index contributed by atoms with van der Waals surface area (Å²) in [5.41, 5.74) is 4.26. The number of rotatable bonds is 5. The molecule has 2 rings (SSSR count). The lowest BCUT2D eigenvalue weighted by Gasteiger charge is -2.20. The van der Waals surface area contributed by atoms with Gasteiger partial charge in [-0.3, -0.25) is 4.79 Å². The van der Waals surface area contributed by atoms with E-state index in [1.807, 2.05) is 18.2 Å². The van der Waals surface area contributed by atoms with Gasteiger partial charge in [0.2, 0.25) is 0 Å². The van der Waals surface area contributed by atoms with Gasteiger partial charge in [-0.05, 0) is 51.2 Å². The predicted octanol–water partition coefficient (Wildman–Crippen LogP) is 5.58. The second-order valence-corrected chi connectivity index (χ2v) is 8.34. The van der Waals surface area contributed by atoms with Crippen LogP contribution in [0.1, 0.15) is 31.9 Å². The van der Waals surface area contributed by atoms with Crippen molar-refractivity contribution in [1.82, 2.24) is 5.43 Å². The average molecular weight is 458 g/mol. The van der Waals surface area contributed by atoms with Crippen molar-refractivity contribution in [3.05, 3.63) is 62.0 Å². The molecule has 0 unspecified atom stereocenters. The third-order valence-corrected chi connectivity index (χ3v) is 4.69. The molecule has 4 nitrogen and oxygen atoms in total. The Balaban J connectivity index is 1.90. The molecule has 0 aliphatic heterocycles. The average Bonchev–Trinajstić information content (AvgIpc) is 2.55. The summed E-state index contributed by atoms with van der Waals surface area (Å²) in [5, 5.41) is 4.86. The molecule has 0 bridgehead atoms. The fourth-order valence-electron chi connectivity index (χ4n) is 2.04. The highest BCUT2D eigenvalue weighted by molar-refractivity contribution is 9.10. The van der Waals surface area contributed by atoms with E-state index in [0.29, 0.717) is 21.4 Å². The topological polar surface area (TPSA) is 50.7 Å². The number of halogens is 3. The second kappa shape index (κ2) is 8.89. The predicted molar refractivity (Wildman–Crippen MR) is 111 cm³/mol. The van der Waals surface area contributed by atoms with Crippen molar-refractivity contribution < 1.29 is 9.53 Å². The van der Waals surface area contributed by atoms with E-state index in [1.54, 1.807) is 18.2 Å². The van der Waals surface area contributed by atoms with E-state index in [4.69, 9.17) is 27.9 Å². The van der Waals surface area contributed by atoms with E-state index in [-0.39, 0.29) is 17.9 Å². The zero-order valence-electron chi connectivity index (χ0n) is 14.6. The Morgan fingerprint density at radius 1 is 1.23 bits per heavy atom. The zero-order valence-corrected chi connectivity index (χ0v) is 17.7. The van der Waals surface area contributed by atoms with Gasteiger partial charge in [-0.25, -0.2) is 5.43 Å². The van der Waals surface area contributed by atoms with Crippen LogP contribution in [0.15, 0.2) is 46.0 Å². The molecule has 0 heterocycles. The van der Waals surface area contributed by atoms with Gasteiger partial charge in [-0.15, -0.1) is 0 Å². The lowest BCUT2D eigenvalue weighted by atomic mass is 9.87. The normalized spacial score (nSPS) is 11.6. The Bertz CT molecular complexity index is 833. The van der Waals surface area contributed by atoms with Crippen LogP contribution in [0, 0.1) is 0 Å². The number of hydrogen-bond acceptors (Lipinski definition) is 3. The molecule has 0 saturated carbocycles. The smallest absolute Gasteiger partial charge is 0.277 e.